The van der Waals surface area contributed by atoms with E-state index >= 15 is 0 Å². The Morgan fingerprint density at radius 1 is 1.23 bits per heavy atom. The quantitative estimate of drug-likeness (QED) is 0.650. The molecule has 0 aromatic carbocycles. The average Bonchev–Trinajstić information content (AvgIpc) is 2.80. The average molecular weight is 430 g/mol. The van der Waals surface area contributed by atoms with Crippen LogP contribution in [0.1, 0.15) is 25.7 Å². The third-order valence-electron chi connectivity index (χ3n) is 5.71. The van der Waals surface area contributed by atoms with Crippen LogP contribution < -0.4 is 16.0 Å². The number of pyridine rings is 2. The summed E-state index contributed by atoms with van der Waals surface area (Å²) in [7, 11) is 0. The molecule has 2 saturated heterocycles. The Balaban J connectivity index is 1.45. The highest BCUT2D eigenvalue weighted by atomic mass is 35.5. The van der Waals surface area contributed by atoms with Gasteiger partial charge < -0.3 is 20.7 Å². The summed E-state index contributed by atoms with van der Waals surface area (Å²) in [6, 6.07) is 7.62. The fourth-order valence-electron chi connectivity index (χ4n) is 3.89. The topological polar surface area (TPSA) is 88.2 Å². The van der Waals surface area contributed by atoms with E-state index in [4.69, 9.17) is 21.3 Å². The van der Waals surface area contributed by atoms with Crippen molar-refractivity contribution in [1.82, 2.24) is 15.3 Å². The lowest BCUT2D eigenvalue weighted by molar-refractivity contribution is -0.120. The summed E-state index contributed by atoms with van der Waals surface area (Å²) in [5.41, 5.74) is 1.49. The van der Waals surface area contributed by atoms with Crippen LogP contribution in [0.4, 0.5) is 11.6 Å². The third-order valence-corrected chi connectivity index (χ3v) is 6.01. The van der Waals surface area contributed by atoms with Gasteiger partial charge in [-0.3, -0.25) is 4.79 Å². The zero-order chi connectivity index (χ0) is 20.8. The van der Waals surface area contributed by atoms with Gasteiger partial charge in [0, 0.05) is 38.1 Å². The van der Waals surface area contributed by atoms with Crippen molar-refractivity contribution in [2.45, 2.75) is 25.7 Å². The molecule has 0 spiro atoms. The lowest BCUT2D eigenvalue weighted by atomic mass is 9.99. The van der Waals surface area contributed by atoms with Gasteiger partial charge >= 0.3 is 0 Å². The molecule has 1 amide bonds. The molecule has 2 fully saturated rings. The SMILES string of the molecule is O=C(Nc1cc(-c2cccc(NCC3CCOCC3)n2)c(Cl)cn1)[C@@H]1CCCNC1. The number of nitrogens with zero attached hydrogens (tertiary/aromatic N) is 2. The summed E-state index contributed by atoms with van der Waals surface area (Å²) in [6.07, 6.45) is 5.61. The Kier molecular flexibility index (Phi) is 7.15. The molecule has 7 nitrogen and oxygen atoms in total. The lowest BCUT2D eigenvalue weighted by Crippen LogP contribution is -2.37. The van der Waals surface area contributed by atoms with Crippen LogP contribution in [0.3, 0.4) is 0 Å². The molecule has 2 aliphatic heterocycles. The van der Waals surface area contributed by atoms with Crippen LogP contribution in [0, 0.1) is 11.8 Å². The Labute approximate surface area is 182 Å². The highest BCUT2D eigenvalue weighted by Crippen LogP contribution is 2.29. The number of anilines is 2. The van der Waals surface area contributed by atoms with Crippen molar-refractivity contribution in [1.29, 1.82) is 0 Å². The summed E-state index contributed by atoms with van der Waals surface area (Å²) < 4.78 is 5.42. The van der Waals surface area contributed by atoms with Crippen LogP contribution in [0.5, 0.6) is 0 Å². The maximum atomic E-state index is 12.5. The summed E-state index contributed by atoms with van der Waals surface area (Å²) in [5.74, 6) is 1.86. The first-order valence-corrected chi connectivity index (χ1v) is 11.0. The molecule has 0 aliphatic carbocycles. The molecular weight excluding hydrogens is 402 g/mol. The van der Waals surface area contributed by atoms with E-state index in [2.05, 4.69) is 20.9 Å². The Hall–Kier alpha value is -2.22. The minimum atomic E-state index is -0.0319. The van der Waals surface area contributed by atoms with Gasteiger partial charge in [0.1, 0.15) is 11.6 Å². The zero-order valence-electron chi connectivity index (χ0n) is 17.0. The van der Waals surface area contributed by atoms with Gasteiger partial charge in [-0.1, -0.05) is 17.7 Å². The summed E-state index contributed by atoms with van der Waals surface area (Å²) >= 11 is 6.41. The molecular formula is C22H28ClN5O2. The second-order valence-electron chi connectivity index (χ2n) is 7.93. The van der Waals surface area contributed by atoms with E-state index < -0.39 is 0 Å². The van der Waals surface area contributed by atoms with Gasteiger partial charge in [0.05, 0.1) is 16.6 Å². The van der Waals surface area contributed by atoms with Crippen molar-refractivity contribution in [2.24, 2.45) is 11.8 Å². The number of aromatic nitrogens is 2. The minimum absolute atomic E-state index is 0.0113. The highest BCUT2D eigenvalue weighted by Gasteiger charge is 2.21. The van der Waals surface area contributed by atoms with Crippen molar-refractivity contribution in [3.63, 3.8) is 0 Å². The molecule has 0 saturated carbocycles. The molecule has 0 bridgehead atoms. The lowest BCUT2D eigenvalue weighted by Gasteiger charge is -2.22. The number of nitrogens with one attached hydrogen (secondary N) is 3. The fourth-order valence-corrected chi connectivity index (χ4v) is 4.09. The number of ether oxygens (including phenoxy) is 1. The van der Waals surface area contributed by atoms with Crippen molar-refractivity contribution < 1.29 is 9.53 Å². The highest BCUT2D eigenvalue weighted by molar-refractivity contribution is 6.33. The van der Waals surface area contributed by atoms with Crippen molar-refractivity contribution in [2.75, 3.05) is 43.5 Å². The Bertz CT molecular complexity index is 866. The largest absolute Gasteiger partial charge is 0.381 e. The van der Waals surface area contributed by atoms with Crippen molar-refractivity contribution in [3.05, 3.63) is 35.5 Å². The van der Waals surface area contributed by atoms with Gasteiger partial charge in [0.15, 0.2) is 0 Å². The van der Waals surface area contributed by atoms with E-state index in [1.807, 2.05) is 18.2 Å². The molecule has 160 valence electrons. The first-order valence-electron chi connectivity index (χ1n) is 10.7. The molecule has 8 heteroatoms. The van der Waals surface area contributed by atoms with E-state index in [0.29, 0.717) is 23.3 Å². The van der Waals surface area contributed by atoms with Gasteiger partial charge in [-0.25, -0.2) is 9.97 Å². The molecule has 4 heterocycles. The van der Waals surface area contributed by atoms with Crippen LogP contribution in [-0.2, 0) is 9.53 Å². The molecule has 4 rings (SSSR count). The molecule has 2 aliphatic rings. The van der Waals surface area contributed by atoms with E-state index in [1.54, 1.807) is 12.3 Å². The number of piperidine rings is 1. The molecule has 2 aromatic rings. The second kappa shape index (κ2) is 10.2. The number of hydrogen-bond acceptors (Lipinski definition) is 6. The predicted octanol–water partition coefficient (Wildman–Crippen LogP) is 3.57. The van der Waals surface area contributed by atoms with Crippen LogP contribution in [0.15, 0.2) is 30.5 Å². The maximum absolute atomic E-state index is 12.5. The first-order chi connectivity index (χ1) is 14.7. The first kappa shape index (κ1) is 21.0. The smallest absolute Gasteiger partial charge is 0.229 e. The summed E-state index contributed by atoms with van der Waals surface area (Å²) in [5, 5.41) is 10.1. The maximum Gasteiger partial charge on any atom is 0.229 e. The van der Waals surface area contributed by atoms with Gasteiger partial charge in [0.25, 0.3) is 0 Å². The monoisotopic (exact) mass is 429 g/mol. The Morgan fingerprint density at radius 2 is 2.10 bits per heavy atom. The van der Waals surface area contributed by atoms with Crippen molar-refractivity contribution >= 4 is 29.1 Å². The van der Waals surface area contributed by atoms with E-state index in [-0.39, 0.29) is 11.8 Å². The number of carbonyl (C=O) groups is 1. The molecule has 3 N–H and O–H groups in total. The van der Waals surface area contributed by atoms with Gasteiger partial charge in [-0.05, 0) is 56.3 Å². The van der Waals surface area contributed by atoms with Crippen LogP contribution in [0.25, 0.3) is 11.3 Å². The molecule has 0 unspecified atom stereocenters. The number of rotatable bonds is 6. The molecule has 30 heavy (non-hydrogen) atoms. The standard InChI is InChI=1S/C22H28ClN5O2/c23-18-14-26-21(28-22(29)16-3-2-8-24-13-16)11-17(18)19-4-1-5-20(27-19)25-12-15-6-9-30-10-7-15/h1,4-5,11,14-16,24H,2-3,6-10,12-13H2,(H,25,27)(H,26,28,29)/t16-/m1/s1. The summed E-state index contributed by atoms with van der Waals surface area (Å²) in [6.45, 7) is 4.21. The van der Waals surface area contributed by atoms with Crippen LogP contribution in [0.2, 0.25) is 5.02 Å². The minimum Gasteiger partial charge on any atom is -0.381 e. The normalized spacial score (nSPS) is 20.0. The zero-order valence-corrected chi connectivity index (χ0v) is 17.8. The van der Waals surface area contributed by atoms with Gasteiger partial charge in [-0.2, -0.15) is 0 Å². The van der Waals surface area contributed by atoms with Crippen molar-refractivity contribution in [3.8, 4) is 11.3 Å². The molecule has 2 aromatic heterocycles. The number of amides is 1. The molecule has 0 radical (unpaired) electrons. The second-order valence-corrected chi connectivity index (χ2v) is 8.33. The summed E-state index contributed by atoms with van der Waals surface area (Å²) in [4.78, 5) is 21.5. The van der Waals surface area contributed by atoms with Crippen LogP contribution in [-0.4, -0.2) is 48.7 Å². The number of halogens is 1. The van der Waals surface area contributed by atoms with Gasteiger partial charge in [-0.15, -0.1) is 0 Å². The van der Waals surface area contributed by atoms with Crippen LogP contribution >= 0.6 is 11.6 Å². The number of carbonyl (C=O) groups excluding carboxylic acids is 1. The Morgan fingerprint density at radius 3 is 2.90 bits per heavy atom. The van der Waals surface area contributed by atoms with E-state index in [9.17, 15) is 4.79 Å². The van der Waals surface area contributed by atoms with E-state index in [0.717, 1.165) is 69.1 Å². The third kappa shape index (κ3) is 5.47. The predicted molar refractivity (Wildman–Crippen MR) is 119 cm³/mol. The van der Waals surface area contributed by atoms with Gasteiger partial charge in [0.2, 0.25) is 5.91 Å². The molecule has 1 atom stereocenters. The van der Waals surface area contributed by atoms with E-state index in [1.165, 1.54) is 0 Å². The fraction of sp³-hybridized carbons (Fsp3) is 0.500. The number of hydrogen-bond donors (Lipinski definition) is 3.